The van der Waals surface area contributed by atoms with Gasteiger partial charge in [-0.2, -0.15) is 0 Å². The van der Waals surface area contributed by atoms with E-state index in [1.165, 1.54) is 28.0 Å². The molecule has 8 heteroatoms. The van der Waals surface area contributed by atoms with E-state index in [9.17, 15) is 9.59 Å². The molecule has 0 bridgehead atoms. The maximum atomic E-state index is 12.2. The van der Waals surface area contributed by atoms with E-state index in [-0.39, 0.29) is 5.37 Å². The van der Waals surface area contributed by atoms with E-state index in [2.05, 4.69) is 10.3 Å². The number of thioether (sulfide) groups is 1. The van der Waals surface area contributed by atoms with Crippen LogP contribution < -0.4 is 5.32 Å². The third-order valence-electron chi connectivity index (χ3n) is 2.79. The lowest BCUT2D eigenvalue weighted by Crippen LogP contribution is -2.47. The van der Waals surface area contributed by atoms with E-state index >= 15 is 0 Å². The van der Waals surface area contributed by atoms with Crippen LogP contribution in [0.25, 0.3) is 0 Å². The number of carbonyl (C=O) groups is 2. The van der Waals surface area contributed by atoms with Crippen molar-refractivity contribution in [2.24, 2.45) is 0 Å². The van der Waals surface area contributed by atoms with E-state index in [0.717, 1.165) is 12.1 Å². The van der Waals surface area contributed by atoms with Gasteiger partial charge in [0.25, 0.3) is 0 Å². The summed E-state index contributed by atoms with van der Waals surface area (Å²) in [5, 5.41) is 14.1. The summed E-state index contributed by atoms with van der Waals surface area (Å²) in [4.78, 5) is 29.0. The van der Waals surface area contributed by atoms with E-state index in [0.29, 0.717) is 10.9 Å². The molecule has 2 amide bonds. The van der Waals surface area contributed by atoms with Crippen molar-refractivity contribution in [2.75, 3.05) is 11.1 Å². The number of amides is 2. The Morgan fingerprint density at radius 2 is 2.37 bits per heavy atom. The smallest absolute Gasteiger partial charge is 0.327 e. The van der Waals surface area contributed by atoms with Gasteiger partial charge in [0.1, 0.15) is 6.04 Å². The number of anilines is 1. The van der Waals surface area contributed by atoms with E-state index in [4.69, 9.17) is 5.11 Å². The molecule has 0 aromatic carbocycles. The van der Waals surface area contributed by atoms with Crippen LogP contribution in [-0.2, 0) is 4.79 Å². The molecule has 2 atom stereocenters. The van der Waals surface area contributed by atoms with Crippen LogP contribution in [0.3, 0.4) is 0 Å². The molecule has 19 heavy (non-hydrogen) atoms. The summed E-state index contributed by atoms with van der Waals surface area (Å²) in [7, 11) is 0. The van der Waals surface area contributed by atoms with Crippen LogP contribution in [-0.4, -0.2) is 44.2 Å². The number of hydrogen-bond donors (Lipinski definition) is 2. The molecular formula is C11H15N3O3S2. The number of carboxylic acid groups (broad SMARTS) is 1. The second-order valence-electron chi connectivity index (χ2n) is 4.18. The van der Waals surface area contributed by atoms with Crippen molar-refractivity contribution < 1.29 is 14.7 Å². The number of thiazole rings is 1. The zero-order valence-electron chi connectivity index (χ0n) is 10.6. The van der Waals surface area contributed by atoms with Gasteiger partial charge in [0.2, 0.25) is 0 Å². The van der Waals surface area contributed by atoms with E-state index < -0.39 is 18.0 Å². The van der Waals surface area contributed by atoms with Crippen LogP contribution in [0.4, 0.5) is 9.93 Å². The Labute approximate surface area is 119 Å². The minimum Gasteiger partial charge on any atom is -0.480 e. The van der Waals surface area contributed by atoms with Gasteiger partial charge in [0.15, 0.2) is 5.13 Å². The molecule has 6 nitrogen and oxygen atoms in total. The molecule has 0 saturated carbocycles. The van der Waals surface area contributed by atoms with E-state index in [1.807, 2.05) is 19.2 Å². The average molecular weight is 301 g/mol. The highest BCUT2D eigenvalue weighted by Crippen LogP contribution is 2.32. The maximum absolute atomic E-state index is 12.2. The molecule has 0 spiro atoms. The zero-order valence-corrected chi connectivity index (χ0v) is 12.3. The van der Waals surface area contributed by atoms with Gasteiger partial charge in [0, 0.05) is 11.1 Å². The van der Waals surface area contributed by atoms with Gasteiger partial charge in [-0.05, 0) is 13.3 Å². The van der Waals surface area contributed by atoms with Crippen molar-refractivity contribution in [3.8, 4) is 0 Å². The molecular weight excluding hydrogens is 286 g/mol. The first-order valence-corrected chi connectivity index (χ1v) is 7.81. The molecule has 1 aromatic heterocycles. The number of aliphatic carboxylic acids is 1. The zero-order chi connectivity index (χ0) is 14.0. The number of aromatic nitrogens is 1. The van der Waals surface area contributed by atoms with Crippen molar-refractivity contribution in [1.82, 2.24) is 9.88 Å². The monoisotopic (exact) mass is 301 g/mol. The fraction of sp³-hybridized carbons (Fsp3) is 0.545. The molecule has 104 valence electrons. The Hall–Kier alpha value is -1.28. The number of aryl methyl sites for hydroxylation is 1. The summed E-state index contributed by atoms with van der Waals surface area (Å²) >= 11 is 2.83. The minimum atomic E-state index is -0.964. The van der Waals surface area contributed by atoms with E-state index in [1.54, 1.807) is 0 Å². The molecule has 1 fully saturated rings. The third kappa shape index (κ3) is 3.01. The lowest BCUT2D eigenvalue weighted by atomic mass is 10.3. The predicted molar refractivity (Wildman–Crippen MR) is 75.7 cm³/mol. The average Bonchev–Trinajstić information content (AvgIpc) is 2.94. The van der Waals surface area contributed by atoms with Gasteiger partial charge in [0.05, 0.1) is 11.1 Å². The SMILES string of the molecule is CCC1SCC(C(=O)O)N1C(=O)Nc1nc(C)cs1. The fourth-order valence-corrected chi connectivity index (χ4v) is 3.93. The number of nitrogens with one attached hydrogen (secondary N) is 1. The molecule has 2 rings (SSSR count). The highest BCUT2D eigenvalue weighted by Gasteiger charge is 2.41. The molecule has 1 aliphatic rings. The Balaban J connectivity index is 2.12. The number of rotatable bonds is 3. The third-order valence-corrected chi connectivity index (χ3v) is 5.12. The van der Waals surface area contributed by atoms with Gasteiger partial charge in [-0.1, -0.05) is 6.92 Å². The minimum absolute atomic E-state index is 0.0952. The molecule has 1 saturated heterocycles. The lowest BCUT2D eigenvalue weighted by Gasteiger charge is -2.26. The lowest BCUT2D eigenvalue weighted by molar-refractivity contribution is -0.141. The maximum Gasteiger partial charge on any atom is 0.327 e. The molecule has 2 heterocycles. The Bertz CT molecular complexity index is 491. The van der Waals surface area contributed by atoms with Crippen LogP contribution in [0.1, 0.15) is 19.0 Å². The summed E-state index contributed by atoms with van der Waals surface area (Å²) < 4.78 is 0. The first-order valence-electron chi connectivity index (χ1n) is 5.88. The van der Waals surface area contributed by atoms with Crippen molar-refractivity contribution in [3.63, 3.8) is 0 Å². The van der Waals surface area contributed by atoms with Gasteiger partial charge in [-0.3, -0.25) is 10.2 Å². The van der Waals surface area contributed by atoms with Gasteiger partial charge < -0.3 is 5.11 Å². The summed E-state index contributed by atoms with van der Waals surface area (Å²) in [6.45, 7) is 3.78. The van der Waals surface area contributed by atoms with Crippen molar-refractivity contribution in [3.05, 3.63) is 11.1 Å². The number of carboxylic acids is 1. The van der Waals surface area contributed by atoms with Crippen molar-refractivity contribution in [1.29, 1.82) is 0 Å². The van der Waals surface area contributed by atoms with Crippen LogP contribution in [0, 0.1) is 6.92 Å². The number of urea groups is 1. The van der Waals surface area contributed by atoms with Gasteiger partial charge >= 0.3 is 12.0 Å². The normalized spacial score (nSPS) is 22.5. The van der Waals surface area contributed by atoms with Crippen LogP contribution in [0.15, 0.2) is 5.38 Å². The summed E-state index contributed by atoms with van der Waals surface area (Å²) in [6.07, 6.45) is 0.721. The van der Waals surface area contributed by atoms with Crippen LogP contribution >= 0.6 is 23.1 Å². The highest BCUT2D eigenvalue weighted by atomic mass is 32.2. The first kappa shape index (κ1) is 14.1. The van der Waals surface area contributed by atoms with Crippen LogP contribution in [0.2, 0.25) is 0 Å². The summed E-state index contributed by atoms with van der Waals surface area (Å²) in [5.41, 5.74) is 0.831. The molecule has 1 aromatic rings. The second-order valence-corrected chi connectivity index (χ2v) is 6.25. The Kier molecular flexibility index (Phi) is 4.31. The first-order chi connectivity index (χ1) is 9.02. The molecule has 2 unspecified atom stereocenters. The second kappa shape index (κ2) is 5.79. The molecule has 0 aliphatic carbocycles. The molecule has 1 aliphatic heterocycles. The predicted octanol–water partition coefficient (Wildman–Crippen LogP) is 2.22. The standard InChI is InChI=1S/C11H15N3O3S2/c1-3-8-14(7(5-18-8)9(15)16)11(17)13-10-12-6(2)4-19-10/h4,7-8H,3,5H2,1-2H3,(H,15,16)(H,12,13,17). The Morgan fingerprint density at radius 1 is 1.63 bits per heavy atom. The summed E-state index contributed by atoms with van der Waals surface area (Å²) in [5.74, 6) is -0.535. The number of hydrogen-bond acceptors (Lipinski definition) is 5. The Morgan fingerprint density at radius 3 is 2.89 bits per heavy atom. The highest BCUT2D eigenvalue weighted by molar-refractivity contribution is 8.00. The largest absolute Gasteiger partial charge is 0.480 e. The van der Waals surface area contributed by atoms with Crippen molar-refractivity contribution >= 4 is 40.2 Å². The van der Waals surface area contributed by atoms with Crippen LogP contribution in [0.5, 0.6) is 0 Å². The topological polar surface area (TPSA) is 82.5 Å². The quantitative estimate of drug-likeness (QED) is 0.894. The fourth-order valence-electron chi connectivity index (χ4n) is 1.91. The molecule has 2 N–H and O–H groups in total. The van der Waals surface area contributed by atoms with Crippen molar-refractivity contribution in [2.45, 2.75) is 31.7 Å². The summed E-state index contributed by atoms with van der Waals surface area (Å²) in [6, 6.07) is -1.16. The molecule has 0 radical (unpaired) electrons. The number of carbonyl (C=O) groups excluding carboxylic acids is 1. The van der Waals surface area contributed by atoms with Gasteiger partial charge in [-0.25, -0.2) is 14.6 Å². The van der Waals surface area contributed by atoms with Gasteiger partial charge in [-0.15, -0.1) is 23.1 Å². The number of nitrogens with zero attached hydrogens (tertiary/aromatic N) is 2.